The molecule has 1 saturated carbocycles. The Bertz CT molecular complexity index is 476. The van der Waals surface area contributed by atoms with Crippen molar-refractivity contribution in [3.63, 3.8) is 0 Å². The summed E-state index contributed by atoms with van der Waals surface area (Å²) in [6.07, 6.45) is 6.20. The zero-order chi connectivity index (χ0) is 15.9. The van der Waals surface area contributed by atoms with E-state index in [1.807, 2.05) is 0 Å². The molecular formula is C16H23F2N2OS+. The molecule has 0 aromatic heterocycles. The van der Waals surface area contributed by atoms with E-state index < -0.39 is 5.76 Å². The molecule has 3 nitrogen and oxygen atoms in total. The Morgan fingerprint density at radius 3 is 2.50 bits per heavy atom. The van der Waals surface area contributed by atoms with Crippen LogP contribution in [0.25, 0.3) is 0 Å². The highest BCUT2D eigenvalue weighted by Crippen LogP contribution is 2.26. The third-order valence-electron chi connectivity index (χ3n) is 4.10. The maximum atomic E-state index is 12.2. The lowest BCUT2D eigenvalue weighted by Gasteiger charge is -2.27. The Kier molecular flexibility index (Phi) is 6.64. The second-order valence-corrected chi connectivity index (χ2v) is 6.87. The van der Waals surface area contributed by atoms with Crippen molar-refractivity contribution in [2.75, 3.05) is 18.9 Å². The Balaban J connectivity index is 1.80. The highest BCUT2D eigenvalue weighted by Gasteiger charge is 2.23. The molecule has 1 aromatic rings. The van der Waals surface area contributed by atoms with Crippen molar-refractivity contribution in [3.8, 4) is 0 Å². The van der Waals surface area contributed by atoms with Gasteiger partial charge >= 0.3 is 0 Å². The molecule has 122 valence electrons. The van der Waals surface area contributed by atoms with Crippen molar-refractivity contribution >= 4 is 23.4 Å². The van der Waals surface area contributed by atoms with E-state index in [0.29, 0.717) is 34.9 Å². The van der Waals surface area contributed by atoms with Crippen LogP contribution < -0.4 is 10.2 Å². The maximum Gasteiger partial charge on any atom is 0.288 e. The minimum Gasteiger partial charge on any atom is -0.327 e. The number of thioether (sulfide) groups is 1. The zero-order valence-electron chi connectivity index (χ0n) is 12.8. The van der Waals surface area contributed by atoms with Crippen LogP contribution in [0.1, 0.15) is 32.1 Å². The average molecular weight is 329 g/mol. The van der Waals surface area contributed by atoms with Crippen molar-refractivity contribution in [2.45, 2.75) is 48.8 Å². The maximum absolute atomic E-state index is 12.2. The van der Waals surface area contributed by atoms with E-state index in [9.17, 15) is 13.6 Å². The van der Waals surface area contributed by atoms with Crippen LogP contribution in [0, 0.1) is 0 Å². The van der Waals surface area contributed by atoms with Gasteiger partial charge in [0.15, 0.2) is 6.54 Å². The summed E-state index contributed by atoms with van der Waals surface area (Å²) in [5.41, 5.74) is 0.653. The number of likely N-dealkylation sites (N-methyl/N-ethyl adjacent to an activating group) is 1. The van der Waals surface area contributed by atoms with Gasteiger partial charge in [-0.3, -0.25) is 4.79 Å². The molecule has 0 spiro atoms. The van der Waals surface area contributed by atoms with Crippen molar-refractivity contribution in [1.82, 2.24) is 0 Å². The molecule has 1 fully saturated rings. The van der Waals surface area contributed by atoms with Crippen LogP contribution in [0.5, 0.6) is 0 Å². The van der Waals surface area contributed by atoms with Gasteiger partial charge in [0.1, 0.15) is 0 Å². The number of benzene rings is 1. The number of quaternary nitrogens is 1. The van der Waals surface area contributed by atoms with E-state index in [1.54, 1.807) is 24.3 Å². The van der Waals surface area contributed by atoms with Gasteiger partial charge in [-0.15, -0.1) is 0 Å². The number of rotatable bonds is 6. The topological polar surface area (TPSA) is 33.5 Å². The second kappa shape index (κ2) is 8.48. The van der Waals surface area contributed by atoms with E-state index in [2.05, 4.69) is 12.4 Å². The highest BCUT2D eigenvalue weighted by molar-refractivity contribution is 7.99. The summed E-state index contributed by atoms with van der Waals surface area (Å²) >= 11 is 0.505. The minimum atomic E-state index is -2.42. The molecule has 1 amide bonds. The number of nitrogens with one attached hydrogen (secondary N) is 2. The number of hydrogen-bond donors (Lipinski definition) is 2. The van der Waals surface area contributed by atoms with Gasteiger partial charge < -0.3 is 10.2 Å². The average Bonchev–Trinajstić information content (AvgIpc) is 2.49. The number of anilines is 1. The van der Waals surface area contributed by atoms with Crippen LogP contribution in [0.3, 0.4) is 0 Å². The number of halogens is 2. The minimum absolute atomic E-state index is 0.0302. The number of hydrogen-bond acceptors (Lipinski definition) is 2. The summed E-state index contributed by atoms with van der Waals surface area (Å²) in [5, 5.41) is 2.84. The summed E-state index contributed by atoms with van der Waals surface area (Å²) in [4.78, 5) is 13.8. The number of carbonyl (C=O) groups is 1. The molecule has 1 aliphatic carbocycles. The predicted molar refractivity (Wildman–Crippen MR) is 85.6 cm³/mol. The molecule has 0 heterocycles. The number of amides is 1. The van der Waals surface area contributed by atoms with Crippen LogP contribution in [-0.2, 0) is 4.79 Å². The summed E-state index contributed by atoms with van der Waals surface area (Å²) in [7, 11) is 2.07. The molecule has 0 radical (unpaired) electrons. The highest BCUT2D eigenvalue weighted by atomic mass is 32.2. The fourth-order valence-corrected chi connectivity index (χ4v) is 3.42. The first-order valence-electron chi connectivity index (χ1n) is 7.71. The predicted octanol–water partition coefficient (Wildman–Crippen LogP) is 2.79. The molecule has 1 aromatic carbocycles. The van der Waals surface area contributed by atoms with Crippen molar-refractivity contribution in [2.24, 2.45) is 0 Å². The zero-order valence-corrected chi connectivity index (χ0v) is 13.6. The fourth-order valence-electron chi connectivity index (χ4n) is 2.92. The first-order valence-corrected chi connectivity index (χ1v) is 8.59. The number of carbonyl (C=O) groups excluding carboxylic acids is 1. The third kappa shape index (κ3) is 5.57. The molecule has 0 bridgehead atoms. The van der Waals surface area contributed by atoms with Gasteiger partial charge in [0.05, 0.1) is 13.1 Å². The molecule has 0 saturated heterocycles. The van der Waals surface area contributed by atoms with Gasteiger partial charge in [-0.25, -0.2) is 0 Å². The smallest absolute Gasteiger partial charge is 0.288 e. The molecule has 0 aliphatic heterocycles. The quantitative estimate of drug-likeness (QED) is 0.787. The molecule has 22 heavy (non-hydrogen) atoms. The summed E-state index contributed by atoms with van der Waals surface area (Å²) in [6.45, 7) is 0.443. The van der Waals surface area contributed by atoms with Gasteiger partial charge in [0.25, 0.3) is 11.7 Å². The van der Waals surface area contributed by atoms with Crippen LogP contribution in [0.4, 0.5) is 14.5 Å². The Morgan fingerprint density at radius 2 is 1.91 bits per heavy atom. The normalized spacial score (nSPS) is 17.5. The summed E-state index contributed by atoms with van der Waals surface area (Å²) in [6, 6.07) is 7.11. The van der Waals surface area contributed by atoms with Gasteiger partial charge in [0.2, 0.25) is 0 Å². The van der Waals surface area contributed by atoms with Gasteiger partial charge in [0, 0.05) is 10.6 Å². The lowest BCUT2D eigenvalue weighted by molar-refractivity contribution is -0.899. The molecule has 2 N–H and O–H groups in total. The molecular weight excluding hydrogens is 306 g/mol. The second-order valence-electron chi connectivity index (χ2n) is 5.81. The van der Waals surface area contributed by atoms with Gasteiger partial charge in [-0.05, 0) is 49.9 Å². The standard InChI is InChI=1S/C16H22F2N2OS/c1-20(13-5-3-2-4-6-13)11-15(21)19-12-7-9-14(10-8-12)22-16(17)18/h7-10,13,16H,2-6,11H2,1H3,(H,19,21)/p+1. The van der Waals surface area contributed by atoms with Crippen LogP contribution >= 0.6 is 11.8 Å². The first kappa shape index (κ1) is 17.2. The summed E-state index contributed by atoms with van der Waals surface area (Å²) < 4.78 is 24.5. The third-order valence-corrected chi connectivity index (χ3v) is 4.83. The lowest BCUT2D eigenvalue weighted by Crippen LogP contribution is -3.14. The SMILES string of the molecule is C[NH+](CC(=O)Nc1ccc(SC(F)F)cc1)C1CCCCC1. The fraction of sp³-hybridized carbons (Fsp3) is 0.562. The van der Waals surface area contributed by atoms with Crippen molar-refractivity contribution in [1.29, 1.82) is 0 Å². The Labute approximate surface area is 134 Å². The van der Waals surface area contributed by atoms with E-state index in [4.69, 9.17) is 0 Å². The molecule has 2 rings (SSSR count). The first-order chi connectivity index (χ1) is 10.5. The van der Waals surface area contributed by atoms with Crippen molar-refractivity contribution in [3.05, 3.63) is 24.3 Å². The van der Waals surface area contributed by atoms with Crippen LogP contribution in [-0.4, -0.2) is 31.3 Å². The lowest BCUT2D eigenvalue weighted by atomic mass is 9.94. The molecule has 1 unspecified atom stereocenters. The van der Waals surface area contributed by atoms with Crippen LogP contribution in [0.2, 0.25) is 0 Å². The van der Waals surface area contributed by atoms with Crippen molar-refractivity contribution < 1.29 is 18.5 Å². The van der Waals surface area contributed by atoms with E-state index in [-0.39, 0.29) is 5.91 Å². The molecule has 1 aliphatic rings. The Morgan fingerprint density at radius 1 is 1.27 bits per heavy atom. The van der Waals surface area contributed by atoms with E-state index >= 15 is 0 Å². The monoisotopic (exact) mass is 329 g/mol. The van der Waals surface area contributed by atoms with Gasteiger partial charge in [-0.1, -0.05) is 18.2 Å². The van der Waals surface area contributed by atoms with Gasteiger partial charge in [-0.2, -0.15) is 8.78 Å². The van der Waals surface area contributed by atoms with E-state index in [1.165, 1.54) is 37.0 Å². The summed E-state index contributed by atoms with van der Waals surface area (Å²) in [5.74, 6) is -2.45. The van der Waals surface area contributed by atoms with E-state index in [0.717, 1.165) is 0 Å². The largest absolute Gasteiger partial charge is 0.327 e. The molecule has 1 atom stereocenters. The Hall–Kier alpha value is -1.14. The molecule has 6 heteroatoms. The number of alkyl halides is 2. The van der Waals surface area contributed by atoms with Crippen LogP contribution in [0.15, 0.2) is 29.2 Å².